The highest BCUT2D eigenvalue weighted by atomic mass is 19.1. The van der Waals surface area contributed by atoms with Crippen molar-refractivity contribution >= 4 is 23.4 Å². The second-order valence-electron chi connectivity index (χ2n) is 5.31. The Labute approximate surface area is 149 Å². The molecule has 0 aliphatic carbocycles. The fourth-order valence-electron chi connectivity index (χ4n) is 2.24. The van der Waals surface area contributed by atoms with Crippen molar-refractivity contribution in [3.8, 4) is 0 Å². The lowest BCUT2D eigenvalue weighted by Gasteiger charge is -2.09. The Morgan fingerprint density at radius 3 is 2.85 bits per heavy atom. The van der Waals surface area contributed by atoms with Crippen molar-refractivity contribution in [2.24, 2.45) is 0 Å². The highest BCUT2D eigenvalue weighted by molar-refractivity contribution is 5.90. The Kier molecular flexibility index (Phi) is 5.33. The van der Waals surface area contributed by atoms with Crippen molar-refractivity contribution in [1.29, 1.82) is 0 Å². The third-order valence-electron chi connectivity index (χ3n) is 3.52. The summed E-state index contributed by atoms with van der Waals surface area (Å²) in [6.45, 7) is 0.267. The van der Waals surface area contributed by atoms with Gasteiger partial charge in [0, 0.05) is 17.8 Å². The molecule has 3 rings (SSSR count). The SMILES string of the molecule is COC(=O)c1cccc(Nc2nncc(NCc3ccccc3F)n2)c1. The number of carbonyl (C=O) groups is 1. The number of methoxy groups -OCH3 is 1. The minimum absolute atomic E-state index is 0.241. The van der Waals surface area contributed by atoms with E-state index in [4.69, 9.17) is 4.74 Å². The lowest BCUT2D eigenvalue weighted by atomic mass is 10.2. The Balaban J connectivity index is 1.70. The van der Waals surface area contributed by atoms with Gasteiger partial charge in [-0.1, -0.05) is 24.3 Å². The molecule has 0 radical (unpaired) electrons. The minimum atomic E-state index is -0.437. The number of ether oxygens (including phenoxy) is 1. The maximum Gasteiger partial charge on any atom is 0.337 e. The van der Waals surface area contributed by atoms with E-state index in [0.29, 0.717) is 22.6 Å². The first-order valence-corrected chi connectivity index (χ1v) is 7.78. The van der Waals surface area contributed by atoms with Crippen LogP contribution in [0.3, 0.4) is 0 Å². The van der Waals surface area contributed by atoms with Crippen molar-refractivity contribution in [3.05, 3.63) is 71.7 Å². The molecule has 0 saturated carbocycles. The molecule has 2 aromatic carbocycles. The van der Waals surface area contributed by atoms with Gasteiger partial charge in [-0.15, -0.1) is 5.10 Å². The van der Waals surface area contributed by atoms with E-state index in [1.165, 1.54) is 19.4 Å². The average molecular weight is 353 g/mol. The number of anilines is 3. The summed E-state index contributed by atoms with van der Waals surface area (Å²) in [5, 5.41) is 13.7. The van der Waals surface area contributed by atoms with Gasteiger partial charge in [0.25, 0.3) is 0 Å². The molecule has 0 saturated heterocycles. The molecule has 0 atom stereocenters. The largest absolute Gasteiger partial charge is 0.465 e. The van der Waals surface area contributed by atoms with Crippen LogP contribution in [0.2, 0.25) is 0 Å². The molecule has 1 heterocycles. The topological polar surface area (TPSA) is 89.0 Å². The Hall–Kier alpha value is -3.55. The van der Waals surface area contributed by atoms with Crippen LogP contribution in [0.4, 0.5) is 21.8 Å². The number of benzene rings is 2. The van der Waals surface area contributed by atoms with Gasteiger partial charge < -0.3 is 15.4 Å². The predicted octanol–water partition coefficient (Wildman–Crippen LogP) is 3.15. The molecular formula is C18H16FN5O2. The molecule has 0 aliphatic rings. The summed E-state index contributed by atoms with van der Waals surface area (Å²) >= 11 is 0. The number of rotatable bonds is 6. The lowest BCUT2D eigenvalue weighted by Crippen LogP contribution is -2.07. The average Bonchev–Trinajstić information content (AvgIpc) is 2.67. The molecule has 0 unspecified atom stereocenters. The molecule has 132 valence electrons. The summed E-state index contributed by atoms with van der Waals surface area (Å²) in [7, 11) is 1.32. The molecule has 0 bridgehead atoms. The number of nitrogens with one attached hydrogen (secondary N) is 2. The first-order chi connectivity index (χ1) is 12.7. The summed E-state index contributed by atoms with van der Waals surface area (Å²) in [6.07, 6.45) is 1.44. The van der Waals surface area contributed by atoms with E-state index in [0.717, 1.165) is 0 Å². The zero-order chi connectivity index (χ0) is 18.4. The molecule has 3 aromatic rings. The van der Waals surface area contributed by atoms with Crippen LogP contribution in [0, 0.1) is 5.82 Å². The smallest absolute Gasteiger partial charge is 0.337 e. The number of nitrogens with zero attached hydrogens (tertiary/aromatic N) is 3. The van der Waals surface area contributed by atoms with E-state index in [1.807, 2.05) is 0 Å². The van der Waals surface area contributed by atoms with Crippen LogP contribution in [0.1, 0.15) is 15.9 Å². The zero-order valence-corrected chi connectivity index (χ0v) is 13.9. The van der Waals surface area contributed by atoms with E-state index in [9.17, 15) is 9.18 Å². The van der Waals surface area contributed by atoms with Crippen molar-refractivity contribution < 1.29 is 13.9 Å². The summed E-state index contributed by atoms with van der Waals surface area (Å²) in [5.74, 6) is -0.0478. The Bertz CT molecular complexity index is 919. The van der Waals surface area contributed by atoms with E-state index >= 15 is 0 Å². The Morgan fingerprint density at radius 1 is 1.19 bits per heavy atom. The standard InChI is InChI=1S/C18H16FN5O2/c1-26-17(25)12-6-4-7-14(9-12)22-18-23-16(11-21-24-18)20-10-13-5-2-3-8-15(13)19/h2-9,11H,10H2,1H3,(H2,20,22,23,24). The van der Waals surface area contributed by atoms with Gasteiger partial charge in [-0.2, -0.15) is 10.1 Å². The van der Waals surface area contributed by atoms with Crippen molar-refractivity contribution in [2.75, 3.05) is 17.7 Å². The molecular weight excluding hydrogens is 337 g/mol. The monoisotopic (exact) mass is 353 g/mol. The molecule has 2 N–H and O–H groups in total. The normalized spacial score (nSPS) is 10.2. The van der Waals surface area contributed by atoms with Crippen LogP contribution in [0.5, 0.6) is 0 Å². The van der Waals surface area contributed by atoms with Gasteiger partial charge in [0.2, 0.25) is 5.95 Å². The molecule has 1 aromatic heterocycles. The van der Waals surface area contributed by atoms with Crippen LogP contribution >= 0.6 is 0 Å². The zero-order valence-electron chi connectivity index (χ0n) is 13.9. The number of esters is 1. The van der Waals surface area contributed by atoms with Gasteiger partial charge in [0.15, 0.2) is 5.82 Å². The molecule has 8 heteroatoms. The van der Waals surface area contributed by atoms with Crippen molar-refractivity contribution in [3.63, 3.8) is 0 Å². The van der Waals surface area contributed by atoms with E-state index in [2.05, 4.69) is 25.8 Å². The van der Waals surface area contributed by atoms with Crippen LogP contribution < -0.4 is 10.6 Å². The third kappa shape index (κ3) is 4.29. The number of carbonyl (C=O) groups excluding carboxylic acids is 1. The maximum atomic E-state index is 13.7. The Morgan fingerprint density at radius 2 is 2.04 bits per heavy atom. The maximum absolute atomic E-state index is 13.7. The summed E-state index contributed by atoms with van der Waals surface area (Å²) in [4.78, 5) is 15.9. The molecule has 0 aliphatic heterocycles. The van der Waals surface area contributed by atoms with Crippen LogP contribution in [-0.2, 0) is 11.3 Å². The van der Waals surface area contributed by atoms with Gasteiger partial charge in [0.05, 0.1) is 18.9 Å². The fourth-order valence-corrected chi connectivity index (χ4v) is 2.24. The number of aromatic nitrogens is 3. The van der Waals surface area contributed by atoms with Gasteiger partial charge in [-0.3, -0.25) is 0 Å². The third-order valence-corrected chi connectivity index (χ3v) is 3.52. The second-order valence-corrected chi connectivity index (χ2v) is 5.31. The van der Waals surface area contributed by atoms with E-state index in [-0.39, 0.29) is 18.3 Å². The van der Waals surface area contributed by atoms with Crippen molar-refractivity contribution in [2.45, 2.75) is 6.54 Å². The lowest BCUT2D eigenvalue weighted by molar-refractivity contribution is 0.0601. The molecule has 0 fully saturated rings. The predicted molar refractivity (Wildman–Crippen MR) is 94.6 cm³/mol. The van der Waals surface area contributed by atoms with Gasteiger partial charge in [0.1, 0.15) is 5.82 Å². The molecule has 7 nitrogen and oxygen atoms in total. The summed E-state index contributed by atoms with van der Waals surface area (Å²) in [6, 6.07) is 13.2. The quantitative estimate of drug-likeness (QED) is 0.658. The summed E-state index contributed by atoms with van der Waals surface area (Å²) in [5.41, 5.74) is 1.53. The van der Waals surface area contributed by atoms with Gasteiger partial charge in [-0.25, -0.2) is 9.18 Å². The van der Waals surface area contributed by atoms with Gasteiger partial charge >= 0.3 is 5.97 Å². The first-order valence-electron chi connectivity index (χ1n) is 7.78. The van der Waals surface area contributed by atoms with E-state index < -0.39 is 5.97 Å². The minimum Gasteiger partial charge on any atom is -0.465 e. The highest BCUT2D eigenvalue weighted by Gasteiger charge is 2.07. The number of hydrogen-bond donors (Lipinski definition) is 2. The first kappa shape index (κ1) is 17.3. The van der Waals surface area contributed by atoms with Crippen molar-refractivity contribution in [1.82, 2.24) is 15.2 Å². The van der Waals surface area contributed by atoms with E-state index in [1.54, 1.807) is 42.5 Å². The molecule has 0 amide bonds. The molecule has 26 heavy (non-hydrogen) atoms. The van der Waals surface area contributed by atoms with Crippen LogP contribution in [0.25, 0.3) is 0 Å². The fraction of sp³-hybridized carbons (Fsp3) is 0.111. The number of halogens is 1. The number of hydrogen-bond acceptors (Lipinski definition) is 7. The van der Waals surface area contributed by atoms with Crippen LogP contribution in [-0.4, -0.2) is 28.3 Å². The van der Waals surface area contributed by atoms with Crippen LogP contribution in [0.15, 0.2) is 54.7 Å². The molecule has 0 spiro atoms. The van der Waals surface area contributed by atoms with Gasteiger partial charge in [-0.05, 0) is 24.3 Å². The second kappa shape index (κ2) is 8.02. The summed E-state index contributed by atoms with van der Waals surface area (Å²) < 4.78 is 18.3. The highest BCUT2D eigenvalue weighted by Crippen LogP contribution is 2.16.